The molecule has 2 rings (SSSR count). The zero-order valence-corrected chi connectivity index (χ0v) is 19.8. The molecule has 0 unspecified atom stereocenters. The predicted octanol–water partition coefficient (Wildman–Crippen LogP) is 4.47. The van der Waals surface area contributed by atoms with Crippen LogP contribution in [-0.2, 0) is 13.6 Å². The van der Waals surface area contributed by atoms with Gasteiger partial charge in [0.2, 0.25) is 0 Å². The van der Waals surface area contributed by atoms with Gasteiger partial charge in [0.1, 0.15) is 18.3 Å². The van der Waals surface area contributed by atoms with E-state index in [9.17, 15) is 5.11 Å². The predicted molar refractivity (Wildman–Crippen MR) is 108 cm³/mol. The van der Waals surface area contributed by atoms with Crippen molar-refractivity contribution in [3.8, 4) is 0 Å². The minimum absolute atomic E-state index is 0.0212. The molecule has 1 aliphatic carbocycles. The lowest BCUT2D eigenvalue weighted by Crippen LogP contribution is -2.49. The van der Waals surface area contributed by atoms with Gasteiger partial charge < -0.3 is 18.7 Å². The van der Waals surface area contributed by atoms with E-state index in [1.807, 2.05) is 6.08 Å². The summed E-state index contributed by atoms with van der Waals surface area (Å²) in [5.74, 6) is 0. The van der Waals surface area contributed by atoms with Gasteiger partial charge in [0.05, 0.1) is 12.7 Å². The number of epoxide rings is 1. The highest BCUT2D eigenvalue weighted by molar-refractivity contribution is 6.74. The lowest BCUT2D eigenvalue weighted by Gasteiger charge is -2.41. The second kappa shape index (κ2) is 6.57. The molecule has 0 radical (unpaired) electrons. The van der Waals surface area contributed by atoms with E-state index in [1.54, 1.807) is 0 Å². The Morgan fingerprint density at radius 1 is 0.960 bits per heavy atom. The van der Waals surface area contributed by atoms with Crippen LogP contribution < -0.4 is 0 Å². The molecular formula is C19H38O4Si2. The molecule has 1 heterocycles. The van der Waals surface area contributed by atoms with Crippen molar-refractivity contribution in [1.82, 2.24) is 0 Å². The van der Waals surface area contributed by atoms with Crippen molar-refractivity contribution in [2.75, 3.05) is 6.61 Å². The fourth-order valence-corrected chi connectivity index (χ4v) is 4.76. The van der Waals surface area contributed by atoms with Crippen molar-refractivity contribution in [3.63, 3.8) is 0 Å². The Morgan fingerprint density at radius 2 is 1.48 bits per heavy atom. The van der Waals surface area contributed by atoms with E-state index in [-0.39, 0.29) is 28.4 Å². The lowest BCUT2D eigenvalue weighted by atomic mass is 9.95. The van der Waals surface area contributed by atoms with Gasteiger partial charge in [-0.3, -0.25) is 0 Å². The lowest BCUT2D eigenvalue weighted by molar-refractivity contribution is 0.152. The van der Waals surface area contributed by atoms with Crippen LogP contribution in [0.2, 0.25) is 36.3 Å². The largest absolute Gasteiger partial charge is 0.413 e. The summed E-state index contributed by atoms with van der Waals surface area (Å²) in [5.41, 5.74) is 1.06. The van der Waals surface area contributed by atoms with Gasteiger partial charge in [-0.2, -0.15) is 0 Å². The van der Waals surface area contributed by atoms with E-state index < -0.39 is 22.7 Å². The third-order valence-corrected chi connectivity index (χ3v) is 15.5. The van der Waals surface area contributed by atoms with E-state index in [0.29, 0.717) is 6.61 Å². The highest BCUT2D eigenvalue weighted by Crippen LogP contribution is 2.45. The first kappa shape index (κ1) is 21.3. The van der Waals surface area contributed by atoms with Gasteiger partial charge in [0, 0.05) is 0 Å². The van der Waals surface area contributed by atoms with Crippen LogP contribution in [0.3, 0.4) is 0 Å². The third-order valence-electron chi connectivity index (χ3n) is 6.58. The molecule has 0 bridgehead atoms. The smallest absolute Gasteiger partial charge is 0.193 e. The Labute approximate surface area is 156 Å². The minimum Gasteiger partial charge on any atom is -0.413 e. The first-order chi connectivity index (χ1) is 11.1. The van der Waals surface area contributed by atoms with Crippen LogP contribution in [0.4, 0.5) is 0 Å². The summed E-state index contributed by atoms with van der Waals surface area (Å²) < 4.78 is 18.8. The zero-order chi connectivity index (χ0) is 19.4. The quantitative estimate of drug-likeness (QED) is 0.430. The van der Waals surface area contributed by atoms with Crippen molar-refractivity contribution >= 4 is 16.6 Å². The van der Waals surface area contributed by atoms with Crippen molar-refractivity contribution in [1.29, 1.82) is 0 Å². The maximum Gasteiger partial charge on any atom is 0.193 e. The highest BCUT2D eigenvalue weighted by Gasteiger charge is 2.56. The van der Waals surface area contributed by atoms with Gasteiger partial charge in [0.25, 0.3) is 0 Å². The molecule has 4 atom stereocenters. The summed E-state index contributed by atoms with van der Waals surface area (Å²) in [4.78, 5) is 0. The molecule has 1 N–H and O–H groups in total. The molecule has 146 valence electrons. The van der Waals surface area contributed by atoms with Crippen molar-refractivity contribution in [2.24, 2.45) is 0 Å². The van der Waals surface area contributed by atoms with E-state index in [1.165, 1.54) is 0 Å². The average Bonchev–Trinajstić information content (AvgIpc) is 3.18. The molecule has 0 aromatic carbocycles. The summed E-state index contributed by atoms with van der Waals surface area (Å²) in [7, 11) is -3.78. The summed E-state index contributed by atoms with van der Waals surface area (Å²) in [6.45, 7) is 23.0. The first-order valence-corrected chi connectivity index (χ1v) is 15.2. The molecule has 0 saturated carbocycles. The number of ether oxygens (including phenoxy) is 1. The Bertz CT molecular complexity index is 529. The topological polar surface area (TPSA) is 51.2 Å². The normalized spacial score (nSPS) is 30.8. The molecule has 4 nitrogen and oxygen atoms in total. The Hall–Kier alpha value is 0.0138. The minimum atomic E-state index is -1.93. The van der Waals surface area contributed by atoms with E-state index in [4.69, 9.17) is 13.6 Å². The Balaban J connectivity index is 2.16. The second-order valence-electron chi connectivity index (χ2n) is 10.6. The summed E-state index contributed by atoms with van der Waals surface area (Å²) in [5, 5.41) is 10.6. The van der Waals surface area contributed by atoms with Crippen LogP contribution in [0.5, 0.6) is 0 Å². The number of hydrogen-bond acceptors (Lipinski definition) is 4. The number of fused-ring (bicyclic) bond motifs is 1. The molecule has 0 aromatic heterocycles. The standard InChI is InChI=1S/C19H38O4Si2/c1-18(2,3)24(7,8)21-12-13-11-14(20)16-17(22-16)15(13)23-25(9,10)19(4,5)6/h11,14-17,20H,12H2,1-10H3/t14-,15+,16+,17-/m0/s1. The fourth-order valence-electron chi connectivity index (χ4n) is 2.52. The van der Waals surface area contributed by atoms with Crippen LogP contribution >= 0.6 is 0 Å². The summed E-state index contributed by atoms with van der Waals surface area (Å²) in [6, 6.07) is 0. The van der Waals surface area contributed by atoms with Crippen LogP contribution in [0.15, 0.2) is 11.6 Å². The second-order valence-corrected chi connectivity index (χ2v) is 20.2. The highest BCUT2D eigenvalue weighted by atomic mass is 28.4. The van der Waals surface area contributed by atoms with Crippen molar-refractivity contribution < 1.29 is 18.7 Å². The van der Waals surface area contributed by atoms with Crippen molar-refractivity contribution in [2.45, 2.75) is 102 Å². The molecule has 0 amide bonds. The van der Waals surface area contributed by atoms with Gasteiger partial charge in [-0.05, 0) is 47.9 Å². The third kappa shape index (κ3) is 4.47. The maximum atomic E-state index is 10.3. The molecule has 25 heavy (non-hydrogen) atoms. The van der Waals surface area contributed by atoms with Gasteiger partial charge in [-0.25, -0.2) is 0 Å². The monoisotopic (exact) mass is 386 g/mol. The van der Waals surface area contributed by atoms with Crippen LogP contribution in [0.1, 0.15) is 41.5 Å². The molecule has 0 spiro atoms. The molecule has 6 heteroatoms. The molecule has 1 fully saturated rings. The molecule has 1 saturated heterocycles. The summed E-state index contributed by atoms with van der Waals surface area (Å²) >= 11 is 0. The van der Waals surface area contributed by atoms with E-state index in [0.717, 1.165) is 5.57 Å². The van der Waals surface area contributed by atoms with Crippen LogP contribution in [-0.4, -0.2) is 52.8 Å². The summed E-state index contributed by atoms with van der Waals surface area (Å²) in [6.07, 6.45) is 1.17. The van der Waals surface area contributed by atoms with E-state index >= 15 is 0 Å². The fraction of sp³-hybridized carbons (Fsp3) is 0.895. The number of aliphatic hydroxyl groups excluding tert-OH is 1. The maximum absolute atomic E-state index is 10.3. The van der Waals surface area contributed by atoms with Crippen molar-refractivity contribution in [3.05, 3.63) is 11.6 Å². The SMILES string of the molecule is CC(C)(C)[Si](C)(C)OCC1=C[C@H](O)[C@H]2O[C@H]2[C@@H]1O[Si](C)(C)C(C)(C)C. The van der Waals surface area contributed by atoms with Gasteiger partial charge in [-0.1, -0.05) is 41.5 Å². The Kier molecular flexibility index (Phi) is 5.60. The van der Waals surface area contributed by atoms with Crippen LogP contribution in [0.25, 0.3) is 0 Å². The van der Waals surface area contributed by atoms with Gasteiger partial charge in [-0.15, -0.1) is 0 Å². The number of rotatable bonds is 5. The zero-order valence-electron chi connectivity index (χ0n) is 17.8. The number of aliphatic hydroxyl groups is 1. The molecule has 2 aliphatic rings. The molecular weight excluding hydrogens is 348 g/mol. The number of hydrogen-bond donors (Lipinski definition) is 1. The first-order valence-electron chi connectivity index (χ1n) is 9.43. The average molecular weight is 387 g/mol. The van der Waals surface area contributed by atoms with Crippen LogP contribution in [0, 0.1) is 0 Å². The Morgan fingerprint density at radius 3 is 1.96 bits per heavy atom. The molecule has 1 aliphatic heterocycles. The molecule has 0 aromatic rings. The van der Waals surface area contributed by atoms with E-state index in [2.05, 4.69) is 67.7 Å². The van der Waals surface area contributed by atoms with Gasteiger partial charge >= 0.3 is 0 Å². The van der Waals surface area contributed by atoms with Gasteiger partial charge in [0.15, 0.2) is 16.6 Å².